The van der Waals surface area contributed by atoms with Gasteiger partial charge in [0.25, 0.3) is 0 Å². The molecule has 1 fully saturated rings. The van der Waals surface area contributed by atoms with Crippen LogP contribution in [0.15, 0.2) is 0 Å². The number of nitrogens with zero attached hydrogens (tertiary/aromatic N) is 2. The summed E-state index contributed by atoms with van der Waals surface area (Å²) in [5.41, 5.74) is 0. The number of carbonyl (C=O) groups is 2. The first-order valence-corrected chi connectivity index (χ1v) is 2.90. The van der Waals surface area contributed by atoms with E-state index in [1.54, 1.807) is 0 Å². The quantitative estimate of drug-likeness (QED) is 0.351. The molecule has 10 heteroatoms. The third-order valence-electron chi connectivity index (χ3n) is 1.41. The second-order valence-corrected chi connectivity index (χ2v) is 2.27. The van der Waals surface area contributed by atoms with Gasteiger partial charge in [0.1, 0.15) is 0 Å². The van der Waals surface area contributed by atoms with E-state index in [0.29, 0.717) is 0 Å². The third kappa shape index (κ3) is 0.960. The highest BCUT2D eigenvalue weighted by molar-refractivity contribution is 5.99. The van der Waals surface area contributed by atoms with Crippen molar-refractivity contribution in [3.8, 4) is 0 Å². The first-order chi connectivity index (χ1) is 6.14. The minimum absolute atomic E-state index is 1.92. The van der Waals surface area contributed by atoms with Gasteiger partial charge in [0.05, 0.1) is 0 Å². The Bertz CT molecular complexity index is 304. The van der Waals surface area contributed by atoms with Crippen molar-refractivity contribution in [2.75, 3.05) is 0 Å². The highest BCUT2D eigenvalue weighted by Gasteiger charge is 2.74. The number of halogens is 6. The predicted octanol–water partition coefficient (Wildman–Crippen LogP) is 1.25. The van der Waals surface area contributed by atoms with E-state index in [9.17, 15) is 36.1 Å². The van der Waals surface area contributed by atoms with Crippen LogP contribution in [0.4, 0.5) is 31.3 Å². The molecule has 1 heterocycles. The van der Waals surface area contributed by atoms with Crippen molar-refractivity contribution in [2.24, 2.45) is 0 Å². The summed E-state index contributed by atoms with van der Waals surface area (Å²) in [4.78, 5) is 20.2. The van der Waals surface area contributed by atoms with Crippen molar-refractivity contribution < 1.29 is 36.1 Å². The number of urea groups is 1. The molecule has 1 aliphatic heterocycles. The Kier molecular flexibility index (Phi) is 1.90. The minimum Gasteiger partial charge on any atom is -0.264 e. The van der Waals surface area contributed by atoms with E-state index < -0.39 is 34.2 Å². The summed E-state index contributed by atoms with van der Waals surface area (Å²) in [6, 6.07) is -8.49. The maximum absolute atomic E-state index is 12.2. The summed E-state index contributed by atoms with van der Waals surface area (Å²) in [6.45, 7) is 0. The normalized spacial score (nSPS) is 25.6. The molecule has 14 heavy (non-hydrogen) atoms. The first-order valence-electron chi connectivity index (χ1n) is 2.90. The Labute approximate surface area is 71.5 Å². The zero-order valence-corrected chi connectivity index (χ0v) is 5.98. The van der Waals surface area contributed by atoms with Crippen LogP contribution in [0.3, 0.4) is 0 Å². The van der Waals surface area contributed by atoms with Crippen LogP contribution in [0.1, 0.15) is 0 Å². The Morgan fingerprint density at radius 1 is 1.00 bits per heavy atom. The summed E-state index contributed by atoms with van der Waals surface area (Å²) in [5, 5.41) is -4.26. The lowest BCUT2D eigenvalue weighted by Gasteiger charge is -2.34. The van der Waals surface area contributed by atoms with Gasteiger partial charge in [-0.05, 0) is 0 Å². The Hall–Kier alpha value is -1.48. The summed E-state index contributed by atoms with van der Waals surface area (Å²) in [6.07, 6.45) is 0. The Morgan fingerprint density at radius 2 is 1.43 bits per heavy atom. The van der Waals surface area contributed by atoms with Gasteiger partial charge < -0.3 is 0 Å². The van der Waals surface area contributed by atoms with Crippen LogP contribution >= 0.6 is 0 Å². The Morgan fingerprint density at radius 3 is 1.86 bits per heavy atom. The SMILES string of the molecule is O=C1N(F)C(=O)C(F)(F)C(F)(F)N1F. The number of imide groups is 1. The molecule has 0 aromatic heterocycles. The molecule has 0 N–H and O–H groups in total. The van der Waals surface area contributed by atoms with Gasteiger partial charge in [0.15, 0.2) is 0 Å². The maximum Gasteiger partial charge on any atom is 0.427 e. The lowest BCUT2D eigenvalue weighted by molar-refractivity contribution is -0.324. The molecule has 1 saturated heterocycles. The van der Waals surface area contributed by atoms with E-state index in [-0.39, 0.29) is 0 Å². The van der Waals surface area contributed by atoms with Crippen molar-refractivity contribution in [1.82, 2.24) is 10.2 Å². The van der Waals surface area contributed by atoms with Gasteiger partial charge in [0.2, 0.25) is 0 Å². The van der Waals surface area contributed by atoms with Crippen LogP contribution in [0, 0.1) is 0 Å². The van der Waals surface area contributed by atoms with E-state index in [1.165, 1.54) is 0 Å². The lowest BCUT2D eigenvalue weighted by atomic mass is 10.2. The van der Waals surface area contributed by atoms with Crippen LogP contribution in [-0.2, 0) is 4.79 Å². The molecule has 3 amide bonds. The molecule has 1 rings (SSSR count). The Balaban J connectivity index is 3.24. The van der Waals surface area contributed by atoms with Gasteiger partial charge >= 0.3 is 23.9 Å². The fourth-order valence-electron chi connectivity index (χ4n) is 0.659. The van der Waals surface area contributed by atoms with Crippen LogP contribution in [0.5, 0.6) is 0 Å². The monoisotopic (exact) mass is 222 g/mol. The van der Waals surface area contributed by atoms with Gasteiger partial charge in [-0.15, -0.1) is 0 Å². The van der Waals surface area contributed by atoms with Gasteiger partial charge in [-0.2, -0.15) is 17.6 Å². The number of hydrogen-bond donors (Lipinski definition) is 0. The highest BCUT2D eigenvalue weighted by Crippen LogP contribution is 2.43. The number of hydrogen-bond acceptors (Lipinski definition) is 2. The molecular weight excluding hydrogens is 222 g/mol. The maximum atomic E-state index is 12.2. The van der Waals surface area contributed by atoms with Crippen LogP contribution in [0.2, 0.25) is 0 Å². The molecule has 0 aromatic rings. The zero-order chi connectivity index (χ0) is 11.3. The summed E-state index contributed by atoms with van der Waals surface area (Å²) in [5.74, 6) is -8.74. The van der Waals surface area contributed by atoms with Crippen molar-refractivity contribution in [3.63, 3.8) is 0 Å². The van der Waals surface area contributed by atoms with Gasteiger partial charge in [-0.1, -0.05) is 19.2 Å². The molecule has 80 valence electrons. The summed E-state index contributed by atoms with van der Waals surface area (Å²) < 4.78 is 73.1. The number of carbonyl (C=O) groups excluding carboxylic acids is 2. The number of alkyl halides is 4. The van der Waals surface area contributed by atoms with Gasteiger partial charge in [-0.25, -0.2) is 4.79 Å². The van der Waals surface area contributed by atoms with Crippen molar-refractivity contribution >= 4 is 11.9 Å². The molecule has 1 aliphatic rings. The van der Waals surface area contributed by atoms with Crippen molar-refractivity contribution in [2.45, 2.75) is 12.0 Å². The van der Waals surface area contributed by atoms with Crippen LogP contribution in [0.25, 0.3) is 0 Å². The standard InChI is InChI=1S/C4F6N2O2/c5-3(6)1(13)11(9)2(14)12(10)4(3,7)8. The average Bonchev–Trinajstić information content (AvgIpc) is 2.10. The molecule has 0 aromatic carbocycles. The molecule has 4 nitrogen and oxygen atoms in total. The van der Waals surface area contributed by atoms with Crippen molar-refractivity contribution in [3.05, 3.63) is 0 Å². The average molecular weight is 222 g/mol. The molecule has 0 radical (unpaired) electrons. The molecule has 0 aliphatic carbocycles. The first kappa shape index (κ1) is 10.6. The molecular formula is C4F6N2O2. The molecule has 0 bridgehead atoms. The van der Waals surface area contributed by atoms with E-state index in [2.05, 4.69) is 0 Å². The second kappa shape index (κ2) is 2.51. The third-order valence-corrected chi connectivity index (χ3v) is 1.41. The topological polar surface area (TPSA) is 40.6 Å². The number of rotatable bonds is 0. The van der Waals surface area contributed by atoms with E-state index >= 15 is 0 Å². The van der Waals surface area contributed by atoms with Gasteiger partial charge in [0, 0.05) is 0 Å². The molecule has 0 saturated carbocycles. The van der Waals surface area contributed by atoms with Gasteiger partial charge in [-0.3, -0.25) is 4.79 Å². The zero-order valence-electron chi connectivity index (χ0n) is 5.98. The summed E-state index contributed by atoms with van der Waals surface area (Å²) in [7, 11) is 0. The minimum atomic E-state index is -5.69. The fourth-order valence-corrected chi connectivity index (χ4v) is 0.659. The van der Waals surface area contributed by atoms with Crippen molar-refractivity contribution in [1.29, 1.82) is 0 Å². The van der Waals surface area contributed by atoms with Crippen LogP contribution < -0.4 is 0 Å². The molecule has 0 unspecified atom stereocenters. The number of amides is 3. The predicted molar refractivity (Wildman–Crippen MR) is 26.2 cm³/mol. The van der Waals surface area contributed by atoms with Crippen LogP contribution in [-0.4, -0.2) is 34.2 Å². The highest BCUT2D eigenvalue weighted by atomic mass is 19.3. The molecule has 0 spiro atoms. The second-order valence-electron chi connectivity index (χ2n) is 2.27. The van der Waals surface area contributed by atoms with E-state index in [4.69, 9.17) is 0 Å². The largest absolute Gasteiger partial charge is 0.427 e. The lowest BCUT2D eigenvalue weighted by Crippen LogP contribution is -2.67. The van der Waals surface area contributed by atoms with E-state index in [0.717, 1.165) is 0 Å². The van der Waals surface area contributed by atoms with E-state index in [1.807, 2.05) is 0 Å². The molecule has 0 atom stereocenters. The fraction of sp³-hybridized carbons (Fsp3) is 0.500. The smallest absolute Gasteiger partial charge is 0.264 e. The summed E-state index contributed by atoms with van der Waals surface area (Å²) >= 11 is 0.